The van der Waals surface area contributed by atoms with Crippen LogP contribution in [0, 0.1) is 17.8 Å². The third kappa shape index (κ3) is 4.16. The molecule has 0 radical (unpaired) electrons. The van der Waals surface area contributed by atoms with E-state index >= 15 is 0 Å². The van der Waals surface area contributed by atoms with Crippen LogP contribution in [-0.2, 0) is 19.1 Å². The fourth-order valence-corrected chi connectivity index (χ4v) is 7.44. The molecule has 11 nitrogen and oxygen atoms in total. The van der Waals surface area contributed by atoms with Gasteiger partial charge in [-0.2, -0.15) is 0 Å². The number of hydrogen-bond donors (Lipinski definition) is 5. The van der Waals surface area contributed by atoms with E-state index < -0.39 is 82.0 Å². The molecule has 6 N–H and O–H groups in total. The summed E-state index contributed by atoms with van der Waals surface area (Å²) in [5.41, 5.74) is 1.53. The summed E-state index contributed by atoms with van der Waals surface area (Å²) in [6.45, 7) is 1.74. The molecule has 4 aliphatic carbocycles. The molecule has 41 heavy (non-hydrogen) atoms. The molecule has 0 aromatic heterocycles. The van der Waals surface area contributed by atoms with E-state index in [1.807, 2.05) is 0 Å². The summed E-state index contributed by atoms with van der Waals surface area (Å²) in [5, 5.41) is 45.6. The van der Waals surface area contributed by atoms with E-state index in [0.29, 0.717) is 18.4 Å². The van der Waals surface area contributed by atoms with Gasteiger partial charge in [-0.1, -0.05) is 44.7 Å². The van der Waals surface area contributed by atoms with Gasteiger partial charge in [0.25, 0.3) is 5.91 Å². The Labute approximate surface area is 237 Å². The summed E-state index contributed by atoms with van der Waals surface area (Å²) in [6, 6.07) is 3.22. The van der Waals surface area contributed by atoms with Gasteiger partial charge in [0.05, 0.1) is 23.4 Å². The van der Waals surface area contributed by atoms with E-state index in [4.69, 9.17) is 10.5 Å². The fourth-order valence-electron chi connectivity index (χ4n) is 7.44. The molecule has 0 heterocycles. The Morgan fingerprint density at radius 1 is 1.05 bits per heavy atom. The topological polar surface area (TPSA) is 188 Å². The number of ether oxygens (including phenoxy) is 1. The van der Waals surface area contributed by atoms with Gasteiger partial charge >= 0.3 is 5.97 Å². The number of hydrogen-bond acceptors (Lipinski definition) is 10. The van der Waals surface area contributed by atoms with Gasteiger partial charge in [0.1, 0.15) is 28.9 Å². The van der Waals surface area contributed by atoms with Crippen molar-refractivity contribution >= 4 is 23.4 Å². The monoisotopic (exact) mass is 568 g/mol. The molecular weight excluding hydrogens is 532 g/mol. The first-order valence-electron chi connectivity index (χ1n) is 14.0. The quantitative estimate of drug-likeness (QED) is 0.205. The van der Waals surface area contributed by atoms with E-state index in [9.17, 15) is 39.6 Å². The number of carbonyl (C=O) groups is 4. The average molecular weight is 569 g/mol. The van der Waals surface area contributed by atoms with Gasteiger partial charge < -0.3 is 30.9 Å². The number of primary amides is 1. The van der Waals surface area contributed by atoms with Gasteiger partial charge in [0.2, 0.25) is 5.78 Å². The molecule has 5 rings (SSSR count). The number of ketones is 2. The summed E-state index contributed by atoms with van der Waals surface area (Å²) < 4.78 is 6.19. The van der Waals surface area contributed by atoms with Gasteiger partial charge in [-0.25, -0.2) is 0 Å². The summed E-state index contributed by atoms with van der Waals surface area (Å²) in [7, 11) is 3.05. The maximum atomic E-state index is 13.9. The summed E-state index contributed by atoms with van der Waals surface area (Å²) in [6.07, 6.45) is 3.43. The highest BCUT2D eigenvalue weighted by atomic mass is 16.5. The first-order valence-corrected chi connectivity index (χ1v) is 14.0. The van der Waals surface area contributed by atoms with Crippen molar-refractivity contribution in [2.75, 3.05) is 14.1 Å². The first-order chi connectivity index (χ1) is 19.3. The first kappa shape index (κ1) is 28.8. The minimum absolute atomic E-state index is 0.102. The maximum Gasteiger partial charge on any atom is 0.309 e. The molecule has 0 saturated heterocycles. The number of aliphatic hydroxyl groups excluding tert-OH is 2. The third-order valence-corrected chi connectivity index (χ3v) is 9.41. The van der Waals surface area contributed by atoms with Gasteiger partial charge in [0.15, 0.2) is 11.4 Å². The van der Waals surface area contributed by atoms with Crippen molar-refractivity contribution in [3.63, 3.8) is 0 Å². The number of aliphatic hydroxyl groups is 3. The molecule has 6 atom stereocenters. The molecule has 1 fully saturated rings. The highest BCUT2D eigenvalue weighted by Crippen LogP contribution is 2.56. The number of fused-ring (bicyclic) bond motifs is 3. The van der Waals surface area contributed by atoms with E-state index in [2.05, 4.69) is 0 Å². The molecule has 1 aromatic carbocycles. The minimum atomic E-state index is -2.94. The number of likely N-dealkylation sites (N-methyl/N-ethyl adjacent to an activating group) is 1. The van der Waals surface area contributed by atoms with E-state index in [0.717, 1.165) is 25.7 Å². The number of aromatic hydroxyl groups is 1. The zero-order chi connectivity index (χ0) is 30.0. The van der Waals surface area contributed by atoms with Crippen molar-refractivity contribution in [2.24, 2.45) is 23.5 Å². The number of rotatable bonds is 4. The number of Topliss-reactive ketones (excluding diaryl/α,β-unsaturated/α-hetero) is 2. The number of carbonyl (C=O) groups excluding carboxylic acids is 4. The van der Waals surface area contributed by atoms with Crippen LogP contribution in [0.15, 0.2) is 40.9 Å². The predicted molar refractivity (Wildman–Crippen MR) is 145 cm³/mol. The number of nitrogens with zero attached hydrogens (tertiary/aromatic N) is 1. The lowest BCUT2D eigenvalue weighted by molar-refractivity contribution is -0.184. The highest BCUT2D eigenvalue weighted by Gasteiger charge is 2.68. The molecule has 0 aliphatic heterocycles. The van der Waals surface area contributed by atoms with Crippen molar-refractivity contribution in [1.82, 2.24) is 4.90 Å². The van der Waals surface area contributed by atoms with E-state index in [1.165, 1.54) is 25.1 Å². The smallest absolute Gasteiger partial charge is 0.309 e. The van der Waals surface area contributed by atoms with Crippen LogP contribution in [0.3, 0.4) is 0 Å². The summed E-state index contributed by atoms with van der Waals surface area (Å²) >= 11 is 0. The van der Waals surface area contributed by atoms with Crippen LogP contribution in [0.25, 0.3) is 0 Å². The predicted octanol–water partition coefficient (Wildman–Crippen LogP) is 2.17. The highest BCUT2D eigenvalue weighted by molar-refractivity contribution is 6.25. The summed E-state index contributed by atoms with van der Waals surface area (Å²) in [5.74, 6) is -9.84. The molecular formula is C30H36N2O9. The normalized spacial score (nSPS) is 32.3. The molecule has 0 spiro atoms. The lowest BCUT2D eigenvalue weighted by atomic mass is 9.55. The van der Waals surface area contributed by atoms with Gasteiger partial charge in [-0.3, -0.25) is 24.1 Å². The zero-order valence-corrected chi connectivity index (χ0v) is 23.3. The van der Waals surface area contributed by atoms with Crippen LogP contribution < -0.4 is 5.73 Å². The van der Waals surface area contributed by atoms with Crippen LogP contribution in [0.4, 0.5) is 0 Å². The molecule has 1 amide bonds. The van der Waals surface area contributed by atoms with E-state index in [1.54, 1.807) is 19.1 Å². The lowest BCUT2D eigenvalue weighted by Gasteiger charge is -2.54. The van der Waals surface area contributed by atoms with E-state index in [-0.39, 0.29) is 16.9 Å². The lowest BCUT2D eigenvalue weighted by Crippen LogP contribution is -2.69. The van der Waals surface area contributed by atoms with Crippen LogP contribution in [0.1, 0.15) is 67.3 Å². The van der Waals surface area contributed by atoms with Crippen LogP contribution in [0.2, 0.25) is 0 Å². The molecule has 6 unspecified atom stereocenters. The van der Waals surface area contributed by atoms with Crippen LogP contribution in [0.5, 0.6) is 5.75 Å². The second-order valence-corrected chi connectivity index (χ2v) is 11.9. The Morgan fingerprint density at radius 2 is 1.68 bits per heavy atom. The molecule has 11 heteroatoms. The molecule has 1 saturated carbocycles. The number of nitrogens with two attached hydrogens (primary N) is 1. The second kappa shape index (κ2) is 10.3. The molecule has 1 aromatic rings. The maximum absolute atomic E-state index is 13.9. The van der Waals surface area contributed by atoms with Crippen molar-refractivity contribution < 1.29 is 44.3 Å². The van der Waals surface area contributed by atoms with Gasteiger partial charge in [0, 0.05) is 11.5 Å². The Morgan fingerprint density at radius 3 is 2.27 bits per heavy atom. The number of phenolic OH excluding ortho intramolecular Hbond substituents is 1. The minimum Gasteiger partial charge on any atom is -0.510 e. The third-order valence-electron chi connectivity index (χ3n) is 9.41. The Hall–Kier alpha value is -3.70. The Bertz CT molecular complexity index is 1390. The average Bonchev–Trinajstić information content (AvgIpc) is 3.20. The number of amides is 1. The SMILES string of the molecule is CC1c2cccc(O)c2C(=O)C2=C(O)C3(O)C(=O)C(C(N)=O)=C(O)C(N(C)C)C3C(OC(=O)C3CCCCCC3)C21. The Kier molecular flexibility index (Phi) is 7.23. The van der Waals surface area contributed by atoms with Crippen molar-refractivity contribution in [3.8, 4) is 5.75 Å². The Balaban J connectivity index is 1.77. The number of esters is 1. The van der Waals surface area contributed by atoms with Gasteiger partial charge in [-0.05, 0) is 44.5 Å². The van der Waals surface area contributed by atoms with Crippen molar-refractivity contribution in [1.29, 1.82) is 0 Å². The van der Waals surface area contributed by atoms with Gasteiger partial charge in [-0.15, -0.1) is 0 Å². The standard InChI is InChI=1S/C30H36N2O9/c1-13-15-11-8-12-16(33)18(15)23(34)19-17(13)25(41-29(39)14-9-6-4-5-7-10-14)21-22(32(2)3)24(35)20(28(31)38)27(37)30(21,40)26(19)36/h8,11-14,17,21-22,25,33,35-36,40H,4-7,9-10H2,1-3H3,(H2,31,38). The molecule has 0 bridgehead atoms. The van der Waals surface area contributed by atoms with Crippen molar-refractivity contribution in [2.45, 2.75) is 69.1 Å². The largest absolute Gasteiger partial charge is 0.510 e. The number of benzene rings is 1. The summed E-state index contributed by atoms with van der Waals surface area (Å²) in [4.78, 5) is 55.2. The zero-order valence-electron chi connectivity index (χ0n) is 23.3. The van der Waals surface area contributed by atoms with Crippen LogP contribution in [-0.4, -0.2) is 80.6 Å². The second-order valence-electron chi connectivity index (χ2n) is 11.9. The number of phenols is 1. The molecule has 4 aliphatic rings. The van der Waals surface area contributed by atoms with Crippen molar-refractivity contribution in [3.05, 3.63) is 52.0 Å². The van der Waals surface area contributed by atoms with Crippen LogP contribution >= 0.6 is 0 Å². The molecule has 220 valence electrons. The fraction of sp³-hybridized carbons (Fsp3) is 0.533.